The highest BCUT2D eigenvalue weighted by Crippen LogP contribution is 2.38. The van der Waals surface area contributed by atoms with Crippen LogP contribution in [0.1, 0.15) is 29.7 Å². The molecule has 2 aromatic rings. The van der Waals surface area contributed by atoms with E-state index in [2.05, 4.69) is 22.3 Å². The Morgan fingerprint density at radius 1 is 1.03 bits per heavy atom. The van der Waals surface area contributed by atoms with Gasteiger partial charge in [0.15, 0.2) is 0 Å². The van der Waals surface area contributed by atoms with Gasteiger partial charge in [0.25, 0.3) is 0 Å². The van der Waals surface area contributed by atoms with E-state index in [4.69, 9.17) is 0 Å². The molecule has 1 N–H and O–H groups in total. The number of hydrogen-bond acceptors (Lipinski definition) is 3. The number of benzene rings is 2. The van der Waals surface area contributed by atoms with Crippen LogP contribution in [-0.4, -0.2) is 54.5 Å². The number of nitrogens with zero attached hydrogens (tertiary/aromatic N) is 2. The number of halogens is 4. The highest BCUT2D eigenvalue weighted by Gasteiger charge is 2.50. The molecule has 4 nitrogen and oxygen atoms in total. The number of nitrogens with one attached hydrogen (secondary N) is 1. The molecule has 1 saturated heterocycles. The van der Waals surface area contributed by atoms with Crippen molar-refractivity contribution in [2.24, 2.45) is 0 Å². The van der Waals surface area contributed by atoms with Gasteiger partial charge in [-0.25, -0.2) is 8.78 Å². The number of rotatable bonds is 4. The maximum Gasteiger partial charge on any atom is 0.244 e. The highest BCUT2D eigenvalue weighted by atomic mass is 35.5. The minimum atomic E-state index is -0.652. The summed E-state index contributed by atoms with van der Waals surface area (Å²) in [4.78, 5) is 17.8. The second kappa shape index (κ2) is 10.3. The van der Waals surface area contributed by atoms with E-state index in [1.807, 2.05) is 19.1 Å². The molecule has 1 aliphatic heterocycles. The van der Waals surface area contributed by atoms with Gasteiger partial charge < -0.3 is 10.2 Å². The molecule has 170 valence electrons. The van der Waals surface area contributed by atoms with Crippen molar-refractivity contribution in [1.29, 1.82) is 0 Å². The van der Waals surface area contributed by atoms with Crippen molar-refractivity contribution in [3.8, 4) is 0 Å². The topological polar surface area (TPSA) is 35.6 Å². The summed E-state index contributed by atoms with van der Waals surface area (Å²) < 4.78 is 27.5. The van der Waals surface area contributed by atoms with Crippen LogP contribution in [0.5, 0.6) is 0 Å². The molecule has 0 saturated carbocycles. The smallest absolute Gasteiger partial charge is 0.244 e. The number of likely N-dealkylation sites (N-methyl/N-ethyl adjacent to an activating group) is 1. The van der Waals surface area contributed by atoms with Crippen molar-refractivity contribution in [2.45, 2.75) is 31.3 Å². The van der Waals surface area contributed by atoms with Gasteiger partial charge in [0, 0.05) is 52.1 Å². The lowest BCUT2D eigenvalue weighted by Gasteiger charge is -2.45. The number of amides is 1. The molecule has 8 heteroatoms. The number of hydrogen-bond donors (Lipinski definition) is 1. The van der Waals surface area contributed by atoms with Gasteiger partial charge in [-0.2, -0.15) is 0 Å². The van der Waals surface area contributed by atoms with E-state index in [0.29, 0.717) is 18.4 Å². The molecule has 1 aliphatic carbocycles. The first-order chi connectivity index (χ1) is 13.9. The molecular formula is C23H29Cl2F2N3O. The first kappa shape index (κ1) is 25.5. The van der Waals surface area contributed by atoms with Gasteiger partial charge in [0.2, 0.25) is 5.91 Å². The zero-order valence-electron chi connectivity index (χ0n) is 17.7. The lowest BCUT2D eigenvalue weighted by molar-refractivity contribution is -0.145. The van der Waals surface area contributed by atoms with Crippen molar-refractivity contribution in [3.63, 3.8) is 0 Å². The van der Waals surface area contributed by atoms with Crippen LogP contribution in [0.2, 0.25) is 0 Å². The van der Waals surface area contributed by atoms with Crippen LogP contribution < -0.4 is 5.32 Å². The summed E-state index contributed by atoms with van der Waals surface area (Å²) in [5, 5.41) is 3.36. The van der Waals surface area contributed by atoms with Crippen molar-refractivity contribution in [3.05, 3.63) is 70.8 Å². The fraction of sp³-hybridized carbons (Fsp3) is 0.435. The van der Waals surface area contributed by atoms with Crippen LogP contribution in [0.3, 0.4) is 0 Å². The minimum Gasteiger partial charge on any atom is -0.337 e. The molecule has 0 radical (unpaired) electrons. The molecule has 0 aromatic heterocycles. The van der Waals surface area contributed by atoms with Gasteiger partial charge in [-0.05, 0) is 35.7 Å². The molecule has 0 unspecified atom stereocenters. The molecule has 1 atom stereocenters. The molecule has 1 amide bonds. The molecule has 1 fully saturated rings. The van der Waals surface area contributed by atoms with Gasteiger partial charge in [-0.3, -0.25) is 9.69 Å². The maximum atomic E-state index is 13.9. The Kier molecular flexibility index (Phi) is 8.45. The van der Waals surface area contributed by atoms with Gasteiger partial charge >= 0.3 is 0 Å². The molecule has 1 heterocycles. The lowest BCUT2D eigenvalue weighted by Crippen LogP contribution is -2.64. The minimum absolute atomic E-state index is 0. The van der Waals surface area contributed by atoms with E-state index >= 15 is 0 Å². The normalized spacial score (nSPS) is 18.3. The third-order valence-corrected chi connectivity index (χ3v) is 6.47. The van der Waals surface area contributed by atoms with Crippen molar-refractivity contribution in [1.82, 2.24) is 15.1 Å². The fourth-order valence-corrected chi connectivity index (χ4v) is 4.74. The lowest BCUT2D eigenvalue weighted by atomic mass is 9.89. The van der Waals surface area contributed by atoms with Crippen molar-refractivity contribution >= 4 is 30.7 Å². The Morgan fingerprint density at radius 3 is 2.06 bits per heavy atom. The number of carbonyl (C=O) groups is 1. The molecule has 2 aliphatic rings. The van der Waals surface area contributed by atoms with E-state index in [1.165, 1.54) is 23.3 Å². The van der Waals surface area contributed by atoms with Gasteiger partial charge in [-0.1, -0.05) is 24.3 Å². The summed E-state index contributed by atoms with van der Waals surface area (Å²) in [6, 6.07) is 11.2. The van der Waals surface area contributed by atoms with Crippen LogP contribution in [-0.2, 0) is 17.6 Å². The highest BCUT2D eigenvalue weighted by molar-refractivity contribution is 5.88. The second-order valence-electron chi connectivity index (χ2n) is 8.19. The second-order valence-corrected chi connectivity index (χ2v) is 8.19. The van der Waals surface area contributed by atoms with Crippen LogP contribution in [0.15, 0.2) is 42.5 Å². The SMILES string of the molecule is C[C@@H](c1cc(F)cc(F)c1)N(C)C(=O)C1(N2CCNCC2)Cc2ccccc2C1.Cl.Cl. The monoisotopic (exact) mass is 471 g/mol. The summed E-state index contributed by atoms with van der Waals surface area (Å²) in [6.07, 6.45) is 1.33. The molecule has 31 heavy (non-hydrogen) atoms. The van der Waals surface area contributed by atoms with Gasteiger partial charge in [0.1, 0.15) is 17.2 Å². The van der Waals surface area contributed by atoms with Gasteiger partial charge in [0.05, 0.1) is 6.04 Å². The van der Waals surface area contributed by atoms with E-state index < -0.39 is 23.2 Å². The van der Waals surface area contributed by atoms with Crippen LogP contribution in [0, 0.1) is 11.6 Å². The Labute approximate surface area is 194 Å². The molecule has 2 aromatic carbocycles. The fourth-order valence-electron chi connectivity index (χ4n) is 4.74. The molecule has 4 rings (SSSR count). The summed E-state index contributed by atoms with van der Waals surface area (Å²) >= 11 is 0. The molecule has 0 spiro atoms. The average molecular weight is 472 g/mol. The first-order valence-electron chi connectivity index (χ1n) is 10.2. The quantitative estimate of drug-likeness (QED) is 0.736. The average Bonchev–Trinajstić information content (AvgIpc) is 3.13. The predicted octanol–water partition coefficient (Wildman–Crippen LogP) is 3.77. The van der Waals surface area contributed by atoms with E-state index in [0.717, 1.165) is 32.2 Å². The third-order valence-electron chi connectivity index (χ3n) is 6.47. The van der Waals surface area contributed by atoms with Crippen LogP contribution in [0.4, 0.5) is 8.78 Å². The Bertz CT molecular complexity index is 876. The summed E-state index contributed by atoms with van der Waals surface area (Å²) in [7, 11) is 1.74. The first-order valence-corrected chi connectivity index (χ1v) is 10.2. The largest absolute Gasteiger partial charge is 0.337 e. The predicted molar refractivity (Wildman–Crippen MR) is 123 cm³/mol. The zero-order chi connectivity index (χ0) is 20.6. The number of carbonyl (C=O) groups excluding carboxylic acids is 1. The van der Waals surface area contributed by atoms with E-state index in [-0.39, 0.29) is 30.7 Å². The maximum absolute atomic E-state index is 13.9. The van der Waals surface area contributed by atoms with Crippen molar-refractivity contribution < 1.29 is 13.6 Å². The van der Waals surface area contributed by atoms with Crippen molar-refractivity contribution in [2.75, 3.05) is 33.2 Å². The Hall–Kier alpha value is -1.73. The summed E-state index contributed by atoms with van der Waals surface area (Å²) in [5.74, 6) is -1.25. The Morgan fingerprint density at radius 2 is 1.55 bits per heavy atom. The van der Waals surface area contributed by atoms with Gasteiger partial charge in [-0.15, -0.1) is 24.8 Å². The third kappa shape index (κ3) is 4.87. The summed E-state index contributed by atoms with van der Waals surface area (Å²) in [6.45, 7) is 5.12. The zero-order valence-corrected chi connectivity index (χ0v) is 19.4. The molecular weight excluding hydrogens is 443 g/mol. The van der Waals surface area contributed by atoms with E-state index in [9.17, 15) is 13.6 Å². The molecule has 0 bridgehead atoms. The number of fused-ring (bicyclic) bond motifs is 1. The summed E-state index contributed by atoms with van der Waals surface area (Å²) in [5.41, 5.74) is 2.22. The van der Waals surface area contributed by atoms with Crippen LogP contribution in [0.25, 0.3) is 0 Å². The number of piperazine rings is 1. The Balaban J connectivity index is 0.00000171. The van der Waals surface area contributed by atoms with E-state index in [1.54, 1.807) is 11.9 Å². The standard InChI is InChI=1S/C23H27F2N3O.2ClH/c1-16(19-11-20(24)13-21(25)12-19)27(2)22(29)23(28-9-7-26-8-10-28)14-17-5-3-4-6-18(17)15-23;;/h3-6,11-13,16,26H,7-10,14-15H2,1-2H3;2*1H/t16-;;/m0../s1. The van der Waals surface area contributed by atoms with Crippen LogP contribution >= 0.6 is 24.8 Å².